The second kappa shape index (κ2) is 10.8. The van der Waals surface area contributed by atoms with Crippen LogP contribution in [-0.4, -0.2) is 52.6 Å². The Morgan fingerprint density at radius 2 is 1.53 bits per heavy atom. The lowest BCUT2D eigenvalue weighted by Gasteiger charge is -2.26. The van der Waals surface area contributed by atoms with Gasteiger partial charge in [-0.3, -0.25) is 14.0 Å². The van der Waals surface area contributed by atoms with Crippen molar-refractivity contribution in [3.05, 3.63) is 95.6 Å². The lowest BCUT2D eigenvalue weighted by atomic mass is 10.1. The topological polar surface area (TPSA) is 79.0 Å². The Bertz CT molecular complexity index is 1190. The highest BCUT2D eigenvalue weighted by molar-refractivity contribution is 7.92. The van der Waals surface area contributed by atoms with Crippen LogP contribution in [0.5, 0.6) is 0 Å². The van der Waals surface area contributed by atoms with Crippen molar-refractivity contribution in [1.82, 2.24) is 10.2 Å². The average molecular weight is 480 g/mol. The van der Waals surface area contributed by atoms with Gasteiger partial charge in [-0.25, -0.2) is 8.42 Å². The molecule has 4 rings (SSSR count). The molecule has 3 aromatic rings. The van der Waals surface area contributed by atoms with Gasteiger partial charge in [-0.1, -0.05) is 42.5 Å². The van der Waals surface area contributed by atoms with Crippen LogP contribution in [0.25, 0.3) is 0 Å². The van der Waals surface area contributed by atoms with E-state index in [4.69, 9.17) is 4.74 Å². The van der Waals surface area contributed by atoms with Crippen molar-refractivity contribution >= 4 is 21.6 Å². The van der Waals surface area contributed by atoms with E-state index in [9.17, 15) is 13.2 Å². The third-order valence-corrected chi connectivity index (χ3v) is 7.68. The van der Waals surface area contributed by atoms with Gasteiger partial charge in [-0.2, -0.15) is 0 Å². The molecule has 1 aliphatic heterocycles. The second-order valence-electron chi connectivity index (χ2n) is 8.22. The maximum absolute atomic E-state index is 12.9. The van der Waals surface area contributed by atoms with E-state index in [1.54, 1.807) is 24.3 Å². The zero-order valence-corrected chi connectivity index (χ0v) is 20.0. The molecule has 1 amide bonds. The van der Waals surface area contributed by atoms with Gasteiger partial charge in [0.15, 0.2) is 0 Å². The van der Waals surface area contributed by atoms with Crippen LogP contribution in [-0.2, 0) is 27.8 Å². The zero-order valence-electron chi connectivity index (χ0n) is 19.2. The molecule has 0 aliphatic carbocycles. The number of ether oxygens (including phenoxy) is 1. The number of para-hydroxylation sites is 1. The number of hydrogen-bond donors (Lipinski definition) is 1. The normalized spacial score (nSPS) is 14.5. The number of amides is 1. The minimum atomic E-state index is -3.71. The van der Waals surface area contributed by atoms with Gasteiger partial charge >= 0.3 is 0 Å². The fourth-order valence-electron chi connectivity index (χ4n) is 3.78. The SMILES string of the molecule is CN(c1ccccc1)S(=O)(=O)c1ccc(C(=O)NCc2ccc(CN3CCOCC3)cc2)cc1. The predicted octanol–water partition coefficient (Wildman–Crippen LogP) is 3.27. The lowest BCUT2D eigenvalue weighted by molar-refractivity contribution is 0.0342. The summed E-state index contributed by atoms with van der Waals surface area (Å²) in [6, 6.07) is 23.1. The largest absolute Gasteiger partial charge is 0.379 e. The highest BCUT2D eigenvalue weighted by atomic mass is 32.2. The molecule has 1 fully saturated rings. The minimum absolute atomic E-state index is 0.131. The average Bonchev–Trinajstić information content (AvgIpc) is 2.89. The number of hydrogen-bond acceptors (Lipinski definition) is 5. The van der Waals surface area contributed by atoms with Crippen LogP contribution in [0.3, 0.4) is 0 Å². The lowest BCUT2D eigenvalue weighted by Crippen LogP contribution is -2.35. The number of anilines is 1. The molecule has 8 heteroatoms. The summed E-state index contributed by atoms with van der Waals surface area (Å²) >= 11 is 0. The van der Waals surface area contributed by atoms with Crippen molar-refractivity contribution in [2.75, 3.05) is 37.7 Å². The second-order valence-corrected chi connectivity index (χ2v) is 10.2. The van der Waals surface area contributed by atoms with Crippen molar-refractivity contribution in [3.8, 4) is 0 Å². The summed E-state index contributed by atoms with van der Waals surface area (Å²) in [7, 11) is -2.20. The van der Waals surface area contributed by atoms with Gasteiger partial charge in [-0.15, -0.1) is 0 Å². The number of carbonyl (C=O) groups is 1. The summed E-state index contributed by atoms with van der Waals surface area (Å²) in [5, 5.41) is 2.90. The van der Waals surface area contributed by atoms with E-state index in [1.165, 1.54) is 41.2 Å². The molecule has 1 saturated heterocycles. The van der Waals surface area contributed by atoms with Gasteiger partial charge in [-0.05, 0) is 47.5 Å². The first-order chi connectivity index (χ1) is 16.4. The summed E-state index contributed by atoms with van der Waals surface area (Å²) in [6.07, 6.45) is 0. The molecule has 178 valence electrons. The highest BCUT2D eigenvalue weighted by Gasteiger charge is 2.21. The first-order valence-electron chi connectivity index (χ1n) is 11.2. The Morgan fingerprint density at radius 3 is 2.18 bits per heavy atom. The molecular formula is C26H29N3O4S. The van der Waals surface area contributed by atoms with Crippen LogP contribution >= 0.6 is 0 Å². The van der Waals surface area contributed by atoms with E-state index in [1.807, 2.05) is 18.2 Å². The quantitative estimate of drug-likeness (QED) is 0.537. The number of carbonyl (C=O) groups excluding carboxylic acids is 1. The molecule has 0 radical (unpaired) electrons. The summed E-state index contributed by atoms with van der Waals surface area (Å²) in [6.45, 7) is 4.74. The predicted molar refractivity (Wildman–Crippen MR) is 132 cm³/mol. The number of benzene rings is 3. The van der Waals surface area contributed by atoms with Crippen LogP contribution in [0, 0.1) is 0 Å². The smallest absolute Gasteiger partial charge is 0.264 e. The molecule has 1 aliphatic rings. The molecule has 0 spiro atoms. The van der Waals surface area contributed by atoms with E-state index in [2.05, 4.69) is 22.3 Å². The van der Waals surface area contributed by atoms with E-state index in [0.29, 0.717) is 17.8 Å². The third-order valence-electron chi connectivity index (χ3n) is 5.88. The van der Waals surface area contributed by atoms with Crippen molar-refractivity contribution in [1.29, 1.82) is 0 Å². The van der Waals surface area contributed by atoms with Gasteiger partial charge in [0.25, 0.3) is 15.9 Å². The highest BCUT2D eigenvalue weighted by Crippen LogP contribution is 2.22. The van der Waals surface area contributed by atoms with Crippen molar-refractivity contribution in [2.45, 2.75) is 18.0 Å². The van der Waals surface area contributed by atoms with Crippen LogP contribution in [0.1, 0.15) is 21.5 Å². The number of nitrogens with one attached hydrogen (secondary N) is 1. The maximum atomic E-state index is 12.9. The van der Waals surface area contributed by atoms with Gasteiger partial charge in [0.05, 0.1) is 23.8 Å². The maximum Gasteiger partial charge on any atom is 0.264 e. The minimum Gasteiger partial charge on any atom is -0.379 e. The number of rotatable bonds is 8. The van der Waals surface area contributed by atoms with Crippen LogP contribution in [0.15, 0.2) is 83.8 Å². The fraction of sp³-hybridized carbons (Fsp3) is 0.269. The molecule has 0 aromatic heterocycles. The molecule has 0 saturated carbocycles. The Morgan fingerprint density at radius 1 is 0.912 bits per heavy atom. The van der Waals surface area contributed by atoms with Gasteiger partial charge in [0, 0.05) is 38.8 Å². The van der Waals surface area contributed by atoms with E-state index >= 15 is 0 Å². The molecule has 3 aromatic carbocycles. The molecule has 0 atom stereocenters. The van der Waals surface area contributed by atoms with Crippen LogP contribution in [0.2, 0.25) is 0 Å². The molecular weight excluding hydrogens is 450 g/mol. The number of nitrogens with zero attached hydrogens (tertiary/aromatic N) is 2. The first-order valence-corrected chi connectivity index (χ1v) is 12.7. The Kier molecular flexibility index (Phi) is 7.62. The summed E-state index contributed by atoms with van der Waals surface area (Å²) in [4.78, 5) is 15.1. The molecule has 0 bridgehead atoms. The number of morpholine rings is 1. The Hall–Kier alpha value is -3.20. The molecule has 1 heterocycles. The van der Waals surface area contributed by atoms with Gasteiger partial charge in [0.1, 0.15) is 0 Å². The summed E-state index contributed by atoms with van der Waals surface area (Å²) in [5.41, 5.74) is 3.21. The van der Waals surface area contributed by atoms with Crippen LogP contribution in [0.4, 0.5) is 5.69 Å². The van der Waals surface area contributed by atoms with Crippen molar-refractivity contribution in [2.24, 2.45) is 0 Å². The van der Waals surface area contributed by atoms with Gasteiger partial charge < -0.3 is 10.1 Å². The molecule has 0 unspecified atom stereocenters. The zero-order chi connectivity index (χ0) is 24.0. The Balaban J connectivity index is 1.33. The van der Waals surface area contributed by atoms with E-state index < -0.39 is 10.0 Å². The molecule has 7 nitrogen and oxygen atoms in total. The van der Waals surface area contributed by atoms with Crippen molar-refractivity contribution < 1.29 is 17.9 Å². The van der Waals surface area contributed by atoms with Gasteiger partial charge in [0.2, 0.25) is 0 Å². The van der Waals surface area contributed by atoms with Crippen molar-refractivity contribution in [3.63, 3.8) is 0 Å². The Labute approximate surface area is 201 Å². The van der Waals surface area contributed by atoms with E-state index in [0.717, 1.165) is 38.4 Å². The van der Waals surface area contributed by atoms with E-state index in [-0.39, 0.29) is 10.8 Å². The molecule has 34 heavy (non-hydrogen) atoms. The van der Waals surface area contributed by atoms with Crippen LogP contribution < -0.4 is 9.62 Å². The third kappa shape index (κ3) is 5.83. The number of sulfonamides is 1. The summed E-state index contributed by atoms with van der Waals surface area (Å²) < 4.78 is 32.4. The first kappa shape index (κ1) is 23.9. The standard InChI is InChI=1S/C26H29N3O4S/c1-28(24-5-3-2-4-6-24)34(31,32)25-13-11-23(12-14-25)26(30)27-19-21-7-9-22(10-8-21)20-29-15-17-33-18-16-29/h2-14H,15-20H2,1H3,(H,27,30). The summed E-state index contributed by atoms with van der Waals surface area (Å²) in [5.74, 6) is -0.252. The monoisotopic (exact) mass is 479 g/mol. The molecule has 1 N–H and O–H groups in total. The fourth-order valence-corrected chi connectivity index (χ4v) is 4.97.